The predicted molar refractivity (Wildman–Crippen MR) is 116 cm³/mol. The lowest BCUT2D eigenvalue weighted by Crippen LogP contribution is -2.20. The molecule has 1 atom stereocenters. The highest BCUT2D eigenvalue weighted by Crippen LogP contribution is 2.26. The van der Waals surface area contributed by atoms with Crippen molar-refractivity contribution in [3.63, 3.8) is 0 Å². The van der Waals surface area contributed by atoms with Gasteiger partial charge in [-0.2, -0.15) is 5.26 Å². The van der Waals surface area contributed by atoms with Crippen LogP contribution in [0.4, 0.5) is 0 Å². The van der Waals surface area contributed by atoms with E-state index in [1.54, 1.807) is 54.9 Å². The molecule has 0 fully saturated rings. The number of ether oxygens (including phenoxy) is 1. The molecule has 4 aromatic rings. The van der Waals surface area contributed by atoms with Gasteiger partial charge in [-0.25, -0.2) is 4.98 Å². The Hall–Kier alpha value is -4.28. The molecule has 1 unspecified atom stereocenters. The fourth-order valence-electron chi connectivity index (χ4n) is 3.22. The number of aliphatic hydroxyl groups excluding tert-OH is 1. The zero-order chi connectivity index (χ0) is 21.8. The van der Waals surface area contributed by atoms with Gasteiger partial charge in [0.15, 0.2) is 6.29 Å². The third-order valence-corrected chi connectivity index (χ3v) is 4.61. The molecule has 31 heavy (non-hydrogen) atoms. The smallest absolute Gasteiger partial charge is 0.263 e. The van der Waals surface area contributed by atoms with Crippen LogP contribution in [-0.4, -0.2) is 25.9 Å². The van der Waals surface area contributed by atoms with Crippen LogP contribution in [0.15, 0.2) is 84.0 Å². The molecular weight excluding hydrogens is 392 g/mol. The molecule has 0 radical (unpaired) electrons. The molecule has 0 saturated heterocycles. The zero-order valence-electron chi connectivity index (χ0n) is 16.6. The average Bonchev–Trinajstić information content (AvgIpc) is 2.80. The quantitative estimate of drug-likeness (QED) is 0.505. The first-order valence-corrected chi connectivity index (χ1v) is 9.55. The lowest BCUT2D eigenvalue weighted by molar-refractivity contribution is -0.00368. The van der Waals surface area contributed by atoms with Gasteiger partial charge in [-0.05, 0) is 37.3 Å². The highest BCUT2D eigenvalue weighted by Gasteiger charge is 2.15. The minimum absolute atomic E-state index is 0.239. The van der Waals surface area contributed by atoms with Crippen molar-refractivity contribution in [3.05, 3.63) is 95.2 Å². The molecule has 152 valence electrons. The van der Waals surface area contributed by atoms with Crippen LogP contribution in [0.3, 0.4) is 0 Å². The van der Waals surface area contributed by atoms with E-state index >= 15 is 0 Å². The van der Waals surface area contributed by atoms with Gasteiger partial charge in [0.05, 0.1) is 29.2 Å². The second-order valence-corrected chi connectivity index (χ2v) is 6.76. The van der Waals surface area contributed by atoms with E-state index in [2.05, 4.69) is 16.0 Å². The average molecular weight is 410 g/mol. The number of hydrogen-bond acceptors (Lipinski definition) is 6. The summed E-state index contributed by atoms with van der Waals surface area (Å²) < 4.78 is 6.63. The van der Waals surface area contributed by atoms with Gasteiger partial charge in [0.25, 0.3) is 5.56 Å². The molecule has 3 aromatic heterocycles. The van der Waals surface area contributed by atoms with Gasteiger partial charge < -0.3 is 9.84 Å². The van der Waals surface area contributed by atoms with E-state index in [-0.39, 0.29) is 11.4 Å². The zero-order valence-corrected chi connectivity index (χ0v) is 16.6. The van der Waals surface area contributed by atoms with Crippen LogP contribution in [0.1, 0.15) is 12.5 Å². The lowest BCUT2D eigenvalue weighted by atomic mass is 9.99. The Labute approximate surface area is 178 Å². The predicted octanol–water partition coefficient (Wildman–Crippen LogP) is 3.55. The van der Waals surface area contributed by atoms with Gasteiger partial charge in [-0.15, -0.1) is 0 Å². The van der Waals surface area contributed by atoms with Crippen molar-refractivity contribution >= 4 is 0 Å². The molecule has 7 nitrogen and oxygen atoms in total. The second-order valence-electron chi connectivity index (χ2n) is 6.76. The van der Waals surface area contributed by atoms with Crippen molar-refractivity contribution in [2.75, 3.05) is 0 Å². The minimum atomic E-state index is -0.998. The number of pyridine rings is 3. The van der Waals surface area contributed by atoms with Crippen molar-refractivity contribution in [2.24, 2.45) is 0 Å². The number of rotatable bonds is 5. The molecule has 0 bridgehead atoms. The SMILES string of the molecule is CC(O)Oc1ccc(-n2cc(-c3ccccn3)cc(-c3ccccc3C#N)c2=O)cn1. The summed E-state index contributed by atoms with van der Waals surface area (Å²) in [5.74, 6) is 0.239. The van der Waals surface area contributed by atoms with Crippen molar-refractivity contribution in [1.29, 1.82) is 5.26 Å². The molecule has 1 N–H and O–H groups in total. The number of aromatic nitrogens is 3. The normalized spacial score (nSPS) is 11.5. The summed E-state index contributed by atoms with van der Waals surface area (Å²) in [5, 5.41) is 18.9. The molecule has 4 rings (SSSR count). The van der Waals surface area contributed by atoms with E-state index in [0.29, 0.717) is 33.6 Å². The minimum Gasteiger partial charge on any atom is -0.448 e. The van der Waals surface area contributed by atoms with Gasteiger partial charge >= 0.3 is 0 Å². The Morgan fingerprint density at radius 2 is 1.87 bits per heavy atom. The van der Waals surface area contributed by atoms with E-state index in [0.717, 1.165) is 0 Å². The van der Waals surface area contributed by atoms with Gasteiger partial charge in [0, 0.05) is 35.2 Å². The summed E-state index contributed by atoms with van der Waals surface area (Å²) in [6.45, 7) is 1.48. The maximum Gasteiger partial charge on any atom is 0.263 e. The number of nitriles is 1. The molecule has 0 amide bonds. The van der Waals surface area contributed by atoms with Crippen molar-refractivity contribution < 1.29 is 9.84 Å². The van der Waals surface area contributed by atoms with E-state index in [4.69, 9.17) is 4.74 Å². The van der Waals surface area contributed by atoms with Crippen molar-refractivity contribution in [1.82, 2.24) is 14.5 Å². The van der Waals surface area contributed by atoms with E-state index in [1.165, 1.54) is 17.7 Å². The summed E-state index contributed by atoms with van der Waals surface area (Å²) in [7, 11) is 0. The van der Waals surface area contributed by atoms with Crippen LogP contribution in [0, 0.1) is 11.3 Å². The first-order valence-electron chi connectivity index (χ1n) is 9.55. The van der Waals surface area contributed by atoms with Crippen LogP contribution < -0.4 is 10.3 Å². The number of hydrogen-bond donors (Lipinski definition) is 1. The molecule has 0 aliphatic heterocycles. The number of nitrogens with zero attached hydrogens (tertiary/aromatic N) is 4. The molecule has 1 aromatic carbocycles. The van der Waals surface area contributed by atoms with E-state index in [1.807, 2.05) is 18.2 Å². The van der Waals surface area contributed by atoms with Crippen LogP contribution in [0.25, 0.3) is 28.1 Å². The fourth-order valence-corrected chi connectivity index (χ4v) is 3.22. The van der Waals surface area contributed by atoms with Crippen LogP contribution in [0.5, 0.6) is 5.88 Å². The Morgan fingerprint density at radius 1 is 1.06 bits per heavy atom. The molecule has 0 aliphatic carbocycles. The largest absolute Gasteiger partial charge is 0.448 e. The maximum absolute atomic E-state index is 13.4. The fraction of sp³-hybridized carbons (Fsp3) is 0.0833. The number of benzene rings is 1. The molecular formula is C24H18N4O3. The lowest BCUT2D eigenvalue weighted by Gasteiger charge is -2.13. The summed E-state index contributed by atoms with van der Waals surface area (Å²) in [6.07, 6.45) is 3.86. The van der Waals surface area contributed by atoms with Gasteiger partial charge in [0.1, 0.15) is 0 Å². The summed E-state index contributed by atoms with van der Waals surface area (Å²) in [6, 6.07) is 19.6. The van der Waals surface area contributed by atoms with Gasteiger partial charge in [-0.1, -0.05) is 24.3 Å². The first kappa shape index (κ1) is 20.0. The third-order valence-electron chi connectivity index (χ3n) is 4.61. The molecule has 0 saturated carbocycles. The topological polar surface area (TPSA) is 101 Å². The Kier molecular flexibility index (Phi) is 5.56. The number of aliphatic hydroxyl groups is 1. The summed E-state index contributed by atoms with van der Waals surface area (Å²) in [5.41, 5.74) is 2.95. The highest BCUT2D eigenvalue weighted by molar-refractivity contribution is 5.74. The van der Waals surface area contributed by atoms with Crippen LogP contribution in [0.2, 0.25) is 0 Å². The second kappa shape index (κ2) is 8.61. The maximum atomic E-state index is 13.4. The molecule has 3 heterocycles. The molecule has 0 spiro atoms. The first-order chi connectivity index (χ1) is 15.1. The van der Waals surface area contributed by atoms with Gasteiger partial charge in [0.2, 0.25) is 5.88 Å². The van der Waals surface area contributed by atoms with Gasteiger partial charge in [-0.3, -0.25) is 14.3 Å². The third kappa shape index (κ3) is 4.20. The summed E-state index contributed by atoms with van der Waals surface area (Å²) in [4.78, 5) is 22.0. The standard InChI is InChI=1S/C24H18N4O3/c1-16(29)31-23-10-9-19(14-27-23)28-15-18(22-8-4-5-11-26-22)12-21(24(28)30)20-7-3-2-6-17(20)13-25/h2-12,14-16,29H,1H3. The monoisotopic (exact) mass is 410 g/mol. The van der Waals surface area contributed by atoms with Crippen LogP contribution >= 0.6 is 0 Å². The highest BCUT2D eigenvalue weighted by atomic mass is 16.6. The Bertz CT molecular complexity index is 1310. The van der Waals surface area contributed by atoms with Crippen molar-refractivity contribution in [3.8, 4) is 40.0 Å². The van der Waals surface area contributed by atoms with Crippen LogP contribution in [-0.2, 0) is 0 Å². The molecule has 7 heteroatoms. The van der Waals surface area contributed by atoms with E-state index in [9.17, 15) is 15.2 Å². The Balaban J connectivity index is 1.93. The summed E-state index contributed by atoms with van der Waals surface area (Å²) >= 11 is 0. The van der Waals surface area contributed by atoms with Crippen molar-refractivity contribution in [2.45, 2.75) is 13.2 Å². The van der Waals surface area contributed by atoms with E-state index < -0.39 is 6.29 Å². The molecule has 0 aliphatic rings. The Morgan fingerprint density at radius 3 is 2.55 bits per heavy atom.